The van der Waals surface area contributed by atoms with Gasteiger partial charge in [0, 0.05) is 19.2 Å². The van der Waals surface area contributed by atoms with Crippen LogP contribution in [0.4, 0.5) is 0 Å². The normalized spacial score (nSPS) is 16.2. The van der Waals surface area contributed by atoms with Crippen molar-refractivity contribution in [3.63, 3.8) is 0 Å². The Labute approximate surface area is 75.9 Å². The summed E-state index contributed by atoms with van der Waals surface area (Å²) in [5.74, 6) is 0.441. The summed E-state index contributed by atoms with van der Waals surface area (Å²) < 4.78 is 0. The molecule has 68 valence electrons. The van der Waals surface area contributed by atoms with E-state index in [1.165, 1.54) is 5.57 Å². The Bertz CT molecular complexity index is 187. The second-order valence-electron chi connectivity index (χ2n) is 3.02. The summed E-state index contributed by atoms with van der Waals surface area (Å²) in [5, 5.41) is 0. The van der Waals surface area contributed by atoms with Crippen LogP contribution in [0.25, 0.3) is 0 Å². The van der Waals surface area contributed by atoms with Gasteiger partial charge in [-0.15, -0.1) is 0 Å². The first-order chi connectivity index (χ1) is 5.70. The molecule has 0 aromatic carbocycles. The molecule has 0 aromatic rings. The lowest BCUT2D eigenvalue weighted by molar-refractivity contribution is 1.02. The maximum Gasteiger partial charge on any atom is 0.0273 e. The van der Waals surface area contributed by atoms with Gasteiger partial charge in [0.25, 0.3) is 0 Å². The fraction of sp³-hybridized carbons (Fsp3) is 0.545. The van der Waals surface area contributed by atoms with Gasteiger partial charge >= 0.3 is 0 Å². The number of nitrogens with zero attached hydrogens (tertiary/aromatic N) is 1. The summed E-state index contributed by atoms with van der Waals surface area (Å²) in [6, 6.07) is 0. The van der Waals surface area contributed by atoms with Crippen LogP contribution in [-0.4, -0.2) is 13.3 Å². The van der Waals surface area contributed by atoms with E-state index in [1.807, 2.05) is 6.21 Å². The van der Waals surface area contributed by atoms with Crippen LogP contribution in [0.5, 0.6) is 0 Å². The Kier molecular flexibility index (Phi) is 6.35. The molecule has 1 heteroatoms. The molecule has 1 nitrogen and oxygen atoms in total. The first-order valence-corrected chi connectivity index (χ1v) is 4.47. The van der Waals surface area contributed by atoms with Gasteiger partial charge < -0.3 is 4.99 Å². The van der Waals surface area contributed by atoms with Gasteiger partial charge in [0.15, 0.2) is 0 Å². The molecule has 0 aliphatic carbocycles. The Morgan fingerprint density at radius 2 is 2.17 bits per heavy atom. The molecule has 0 spiro atoms. The summed E-state index contributed by atoms with van der Waals surface area (Å²) in [6.45, 7) is 6.43. The lowest BCUT2D eigenvalue weighted by atomic mass is 10.1. The molecule has 0 heterocycles. The van der Waals surface area contributed by atoms with E-state index in [2.05, 4.69) is 44.0 Å². The van der Waals surface area contributed by atoms with Crippen molar-refractivity contribution >= 4 is 6.21 Å². The highest BCUT2D eigenvalue weighted by molar-refractivity contribution is 5.62. The largest absolute Gasteiger partial charge is 0.300 e. The third-order valence-electron chi connectivity index (χ3n) is 1.74. The maximum atomic E-state index is 3.96. The van der Waals surface area contributed by atoms with Crippen molar-refractivity contribution < 1.29 is 0 Å². The molecule has 0 aliphatic heterocycles. The highest BCUT2D eigenvalue weighted by Gasteiger charge is 1.86. The van der Waals surface area contributed by atoms with Crippen LogP contribution >= 0.6 is 0 Å². The first kappa shape index (κ1) is 11.2. The van der Waals surface area contributed by atoms with Crippen molar-refractivity contribution in [1.29, 1.82) is 0 Å². The molecule has 0 saturated heterocycles. The highest BCUT2D eigenvalue weighted by Crippen LogP contribution is 1.99. The van der Waals surface area contributed by atoms with Crippen molar-refractivity contribution in [1.82, 2.24) is 0 Å². The van der Waals surface area contributed by atoms with E-state index in [0.717, 1.165) is 6.42 Å². The predicted molar refractivity (Wildman–Crippen MR) is 56.8 cm³/mol. The molecule has 0 radical (unpaired) electrons. The van der Waals surface area contributed by atoms with Gasteiger partial charge in [-0.05, 0) is 13.3 Å². The van der Waals surface area contributed by atoms with Crippen molar-refractivity contribution in [2.45, 2.75) is 27.2 Å². The Hall–Kier alpha value is -0.850. The fourth-order valence-electron chi connectivity index (χ4n) is 0.798. The predicted octanol–water partition coefficient (Wildman–Crippen LogP) is 3.24. The monoisotopic (exact) mass is 165 g/mol. The average molecular weight is 165 g/mol. The van der Waals surface area contributed by atoms with Gasteiger partial charge in [0.2, 0.25) is 0 Å². The molecule has 0 bridgehead atoms. The van der Waals surface area contributed by atoms with Gasteiger partial charge in [0.05, 0.1) is 0 Å². The molecule has 1 atom stereocenters. The van der Waals surface area contributed by atoms with Gasteiger partial charge in [0.1, 0.15) is 0 Å². The lowest BCUT2D eigenvalue weighted by Gasteiger charge is -1.94. The summed E-state index contributed by atoms with van der Waals surface area (Å²) >= 11 is 0. The highest BCUT2D eigenvalue weighted by atomic mass is 14.6. The standard InChI is InChI=1S/C11H19N/c1-5-10(2)7-6-8-11(3)9-12-4/h6-9,11H,5H2,1-4H3. The third-order valence-corrected chi connectivity index (χ3v) is 1.74. The number of hydrogen-bond donors (Lipinski definition) is 0. The summed E-state index contributed by atoms with van der Waals surface area (Å²) in [4.78, 5) is 3.96. The van der Waals surface area contributed by atoms with Crippen molar-refractivity contribution in [2.75, 3.05) is 7.05 Å². The minimum absolute atomic E-state index is 0.441. The van der Waals surface area contributed by atoms with Crippen LogP contribution in [0.2, 0.25) is 0 Å². The Morgan fingerprint density at radius 3 is 2.67 bits per heavy atom. The van der Waals surface area contributed by atoms with E-state index in [-0.39, 0.29) is 0 Å². The lowest BCUT2D eigenvalue weighted by Crippen LogP contribution is -1.88. The van der Waals surface area contributed by atoms with Crippen molar-refractivity contribution in [2.24, 2.45) is 10.9 Å². The molecular weight excluding hydrogens is 146 g/mol. The van der Waals surface area contributed by atoms with Crippen LogP contribution in [0, 0.1) is 5.92 Å². The van der Waals surface area contributed by atoms with E-state index in [9.17, 15) is 0 Å². The zero-order valence-electron chi connectivity index (χ0n) is 8.54. The third kappa shape index (κ3) is 5.90. The molecule has 12 heavy (non-hydrogen) atoms. The smallest absolute Gasteiger partial charge is 0.0273 e. The average Bonchev–Trinajstić information content (AvgIpc) is 2.04. The van der Waals surface area contributed by atoms with Gasteiger partial charge in [-0.2, -0.15) is 0 Å². The molecular formula is C11H19N. The van der Waals surface area contributed by atoms with Crippen molar-refractivity contribution in [3.8, 4) is 0 Å². The summed E-state index contributed by atoms with van der Waals surface area (Å²) in [6.07, 6.45) is 9.46. The molecule has 0 N–H and O–H groups in total. The number of rotatable bonds is 4. The zero-order chi connectivity index (χ0) is 9.40. The van der Waals surface area contributed by atoms with Crippen molar-refractivity contribution in [3.05, 3.63) is 23.8 Å². The number of hydrogen-bond acceptors (Lipinski definition) is 1. The van der Waals surface area contributed by atoms with Gasteiger partial charge in [-0.25, -0.2) is 0 Å². The van der Waals surface area contributed by atoms with E-state index in [4.69, 9.17) is 0 Å². The summed E-state index contributed by atoms with van der Waals surface area (Å²) in [7, 11) is 1.80. The Balaban J connectivity index is 3.90. The van der Waals surface area contributed by atoms with E-state index < -0.39 is 0 Å². The minimum Gasteiger partial charge on any atom is -0.300 e. The maximum absolute atomic E-state index is 3.96. The van der Waals surface area contributed by atoms with E-state index in [0.29, 0.717) is 5.92 Å². The minimum atomic E-state index is 0.441. The van der Waals surface area contributed by atoms with Gasteiger partial charge in [-0.1, -0.05) is 37.6 Å². The van der Waals surface area contributed by atoms with Crippen LogP contribution in [0.1, 0.15) is 27.2 Å². The quantitative estimate of drug-likeness (QED) is 0.448. The molecule has 0 amide bonds. The Morgan fingerprint density at radius 1 is 1.50 bits per heavy atom. The van der Waals surface area contributed by atoms with E-state index in [1.54, 1.807) is 7.05 Å². The molecule has 1 unspecified atom stereocenters. The van der Waals surface area contributed by atoms with Gasteiger partial charge in [-0.3, -0.25) is 0 Å². The molecule has 0 aromatic heterocycles. The molecule has 0 rings (SSSR count). The van der Waals surface area contributed by atoms with Crippen LogP contribution in [-0.2, 0) is 0 Å². The first-order valence-electron chi connectivity index (χ1n) is 4.47. The topological polar surface area (TPSA) is 12.4 Å². The van der Waals surface area contributed by atoms with Crippen LogP contribution in [0.3, 0.4) is 0 Å². The van der Waals surface area contributed by atoms with Crippen LogP contribution < -0.4 is 0 Å². The second kappa shape index (κ2) is 6.84. The van der Waals surface area contributed by atoms with E-state index >= 15 is 0 Å². The molecule has 0 aliphatic rings. The van der Waals surface area contributed by atoms with Crippen LogP contribution in [0.15, 0.2) is 28.8 Å². The number of aliphatic imine (C=N–C) groups is 1. The molecule has 0 fully saturated rings. The fourth-order valence-corrected chi connectivity index (χ4v) is 0.798. The SMILES string of the molecule is CCC(C)=CC=CC(C)C=NC. The zero-order valence-corrected chi connectivity index (χ0v) is 8.54. The summed E-state index contributed by atoms with van der Waals surface area (Å²) in [5.41, 5.74) is 1.41. The number of allylic oxidation sites excluding steroid dienone is 4. The molecule has 0 saturated carbocycles. The second-order valence-corrected chi connectivity index (χ2v) is 3.02.